The molecule has 3 fully saturated rings. The second kappa shape index (κ2) is 10.9. The summed E-state index contributed by atoms with van der Waals surface area (Å²) in [5.74, 6) is -0.554. The number of alkyl halides is 6. The molecule has 0 amide bonds. The fraction of sp³-hybridized carbons (Fsp3) is 0.778. The zero-order chi connectivity index (χ0) is 28.8. The van der Waals surface area contributed by atoms with Gasteiger partial charge in [0.15, 0.2) is 0 Å². The Morgan fingerprint density at radius 3 is 2.24 bits per heavy atom. The van der Waals surface area contributed by atoms with Gasteiger partial charge in [0.2, 0.25) is 0 Å². The minimum Gasteiger partial charge on any atom is -0.393 e. The smallest absolute Gasteiger partial charge is 0.393 e. The summed E-state index contributed by atoms with van der Waals surface area (Å²) in [5.41, 5.74) is -3.29. The van der Waals surface area contributed by atoms with Gasteiger partial charge in [-0.05, 0) is 79.3 Å². The number of aliphatic hydroxyl groups excluding tert-OH is 4. The van der Waals surface area contributed by atoms with Crippen LogP contribution < -0.4 is 0 Å². The fourth-order valence-corrected chi connectivity index (χ4v) is 7.13. The van der Waals surface area contributed by atoms with E-state index in [1.807, 2.05) is 19.1 Å². The van der Waals surface area contributed by atoms with Crippen molar-refractivity contribution in [2.45, 2.75) is 108 Å². The first-order valence-electron chi connectivity index (χ1n) is 13.0. The number of allylic oxidation sites excluding steroid dienone is 3. The molecule has 0 aromatic heterocycles. The highest BCUT2D eigenvalue weighted by molar-refractivity contribution is 5.38. The molecule has 0 aliphatic heterocycles. The van der Waals surface area contributed by atoms with E-state index < -0.39 is 54.7 Å². The molecule has 3 unspecified atom stereocenters. The van der Waals surface area contributed by atoms with Crippen molar-refractivity contribution in [1.82, 2.24) is 0 Å². The molecule has 5 nitrogen and oxygen atoms in total. The predicted molar refractivity (Wildman–Crippen MR) is 128 cm³/mol. The second-order valence-corrected chi connectivity index (χ2v) is 11.7. The highest BCUT2D eigenvalue weighted by atomic mass is 19.4. The maximum Gasteiger partial charge on any atom is 0.429 e. The molecule has 38 heavy (non-hydrogen) atoms. The summed E-state index contributed by atoms with van der Waals surface area (Å²) in [6.45, 7) is 7.61. The summed E-state index contributed by atoms with van der Waals surface area (Å²) in [5, 5.41) is 49.7. The fourth-order valence-electron chi connectivity index (χ4n) is 7.13. The third-order valence-corrected chi connectivity index (χ3v) is 9.26. The first-order chi connectivity index (χ1) is 17.3. The molecule has 218 valence electrons. The van der Waals surface area contributed by atoms with Crippen LogP contribution in [-0.4, -0.2) is 67.9 Å². The molecule has 5 N–H and O–H groups in total. The number of fused-ring (bicyclic) bond motifs is 1. The largest absolute Gasteiger partial charge is 0.429 e. The topological polar surface area (TPSA) is 101 Å². The molecular formula is C27H38F6O5. The van der Waals surface area contributed by atoms with Gasteiger partial charge in [0.1, 0.15) is 6.10 Å². The monoisotopic (exact) mass is 556 g/mol. The van der Waals surface area contributed by atoms with Crippen molar-refractivity contribution in [3.63, 3.8) is 0 Å². The van der Waals surface area contributed by atoms with Gasteiger partial charge in [0.25, 0.3) is 5.60 Å². The minimum absolute atomic E-state index is 0.108. The van der Waals surface area contributed by atoms with Crippen LogP contribution in [-0.2, 0) is 0 Å². The Morgan fingerprint density at radius 2 is 1.66 bits per heavy atom. The molecule has 3 aliphatic carbocycles. The van der Waals surface area contributed by atoms with E-state index in [1.165, 1.54) is 0 Å². The Bertz CT molecular complexity index is 927. The van der Waals surface area contributed by atoms with Gasteiger partial charge in [-0.1, -0.05) is 38.2 Å². The van der Waals surface area contributed by atoms with Crippen molar-refractivity contribution in [2.24, 2.45) is 23.2 Å². The lowest BCUT2D eigenvalue weighted by atomic mass is 9.60. The van der Waals surface area contributed by atoms with E-state index in [0.717, 1.165) is 36.8 Å². The quantitative estimate of drug-likeness (QED) is 0.305. The standard InChI is InChI=1S/C27H38F6O5/c1-14(11-22(36)23(37)25(38,26(28,29)30)27(31,32)33)19-8-9-20-16(5-4-10-24(19,20)3)6-7-17-12-18(34)13-21(35)15(17)2/h6-7,14,18-23,34-38H,2,4-5,8-13H2,1,3H3/b16-6?,17-7-/t14-,18-,19-,20?,21-,22?,23?,24-/m1/s1. The molecular weight excluding hydrogens is 518 g/mol. The van der Waals surface area contributed by atoms with Crippen molar-refractivity contribution in [2.75, 3.05) is 0 Å². The lowest BCUT2D eigenvalue weighted by molar-refractivity contribution is -0.398. The summed E-state index contributed by atoms with van der Waals surface area (Å²) < 4.78 is 79.0. The molecule has 0 heterocycles. The van der Waals surface area contributed by atoms with Gasteiger partial charge in [0, 0.05) is 6.42 Å². The maximum absolute atomic E-state index is 13.2. The molecule has 0 saturated heterocycles. The Hall–Kier alpha value is -1.40. The number of aliphatic hydroxyl groups is 5. The summed E-state index contributed by atoms with van der Waals surface area (Å²) >= 11 is 0. The molecule has 0 bridgehead atoms. The highest BCUT2D eigenvalue weighted by Crippen LogP contribution is 2.60. The van der Waals surface area contributed by atoms with Crippen molar-refractivity contribution in [3.8, 4) is 0 Å². The van der Waals surface area contributed by atoms with Crippen LogP contribution in [0.4, 0.5) is 26.3 Å². The van der Waals surface area contributed by atoms with E-state index in [1.54, 1.807) is 6.92 Å². The molecule has 3 aliphatic rings. The molecule has 3 saturated carbocycles. The van der Waals surface area contributed by atoms with Crippen LogP contribution in [0.1, 0.15) is 65.2 Å². The zero-order valence-electron chi connectivity index (χ0n) is 21.6. The van der Waals surface area contributed by atoms with Crippen LogP contribution in [0.3, 0.4) is 0 Å². The zero-order valence-corrected chi connectivity index (χ0v) is 21.6. The van der Waals surface area contributed by atoms with Crippen molar-refractivity contribution >= 4 is 0 Å². The third kappa shape index (κ3) is 5.59. The Morgan fingerprint density at radius 1 is 1.05 bits per heavy atom. The first-order valence-corrected chi connectivity index (χ1v) is 13.0. The molecule has 3 rings (SSSR count). The maximum atomic E-state index is 13.2. The van der Waals surface area contributed by atoms with Gasteiger partial charge in [-0.15, -0.1) is 0 Å². The van der Waals surface area contributed by atoms with E-state index in [9.17, 15) is 51.9 Å². The molecule has 0 aromatic rings. The number of rotatable bonds is 6. The average molecular weight is 557 g/mol. The first kappa shape index (κ1) is 31.1. The summed E-state index contributed by atoms with van der Waals surface area (Å²) in [6.07, 6.45) is -12.1. The Labute approximate surface area is 218 Å². The van der Waals surface area contributed by atoms with Crippen molar-refractivity contribution < 1.29 is 51.9 Å². The number of hydrogen-bond acceptors (Lipinski definition) is 5. The molecule has 8 atom stereocenters. The van der Waals surface area contributed by atoms with E-state index in [-0.39, 0.29) is 23.7 Å². The third-order valence-electron chi connectivity index (χ3n) is 9.26. The van der Waals surface area contributed by atoms with E-state index in [0.29, 0.717) is 18.4 Å². The molecule has 11 heteroatoms. The number of hydrogen-bond donors (Lipinski definition) is 5. The van der Waals surface area contributed by atoms with Gasteiger partial charge in [0.05, 0.1) is 18.3 Å². The molecule has 0 radical (unpaired) electrons. The van der Waals surface area contributed by atoms with Crippen LogP contribution in [0.5, 0.6) is 0 Å². The number of halogens is 6. The average Bonchev–Trinajstić information content (AvgIpc) is 3.15. The van der Waals surface area contributed by atoms with Crippen LogP contribution in [0.15, 0.2) is 35.5 Å². The molecule has 0 spiro atoms. The van der Waals surface area contributed by atoms with Gasteiger partial charge >= 0.3 is 12.4 Å². The predicted octanol–water partition coefficient (Wildman–Crippen LogP) is 4.73. The van der Waals surface area contributed by atoms with Gasteiger partial charge in [-0.3, -0.25) is 0 Å². The van der Waals surface area contributed by atoms with Gasteiger partial charge < -0.3 is 25.5 Å². The normalized spacial score (nSPS) is 35.9. The lowest BCUT2D eigenvalue weighted by Crippen LogP contribution is -2.67. The Kier molecular flexibility index (Phi) is 8.91. The minimum atomic E-state index is -6.23. The van der Waals surface area contributed by atoms with Crippen molar-refractivity contribution in [3.05, 3.63) is 35.5 Å². The summed E-state index contributed by atoms with van der Waals surface area (Å²) in [7, 11) is 0. The van der Waals surface area contributed by atoms with Crippen LogP contribution in [0, 0.1) is 23.2 Å². The second-order valence-electron chi connectivity index (χ2n) is 11.7. The van der Waals surface area contributed by atoms with E-state index in [2.05, 4.69) is 6.58 Å². The highest BCUT2D eigenvalue weighted by Gasteiger charge is 2.75. The SMILES string of the molecule is C=C1/C(=C\C=C2CCC[C@@]3(C)C2CC[C@@H]3[C@H](C)CC(O)C(O)C(O)(C(F)(F)F)C(F)(F)F)C[C@@H](O)C[C@H]1O. The van der Waals surface area contributed by atoms with Crippen LogP contribution in [0.25, 0.3) is 0 Å². The molecule has 0 aromatic carbocycles. The van der Waals surface area contributed by atoms with E-state index in [4.69, 9.17) is 0 Å². The van der Waals surface area contributed by atoms with Crippen LogP contribution >= 0.6 is 0 Å². The van der Waals surface area contributed by atoms with E-state index >= 15 is 0 Å². The summed E-state index contributed by atoms with van der Waals surface area (Å²) in [6, 6.07) is 0. The Balaban J connectivity index is 1.77. The van der Waals surface area contributed by atoms with Gasteiger partial charge in [-0.2, -0.15) is 26.3 Å². The van der Waals surface area contributed by atoms with Crippen LogP contribution in [0.2, 0.25) is 0 Å². The summed E-state index contributed by atoms with van der Waals surface area (Å²) in [4.78, 5) is 0. The van der Waals surface area contributed by atoms with Crippen molar-refractivity contribution in [1.29, 1.82) is 0 Å². The van der Waals surface area contributed by atoms with Gasteiger partial charge in [-0.25, -0.2) is 0 Å². The lowest BCUT2D eigenvalue weighted by Gasteiger charge is -2.45.